The van der Waals surface area contributed by atoms with Crippen molar-refractivity contribution in [1.82, 2.24) is 19.6 Å². The number of ether oxygens (including phenoxy) is 1. The van der Waals surface area contributed by atoms with Crippen LogP contribution >= 0.6 is 0 Å². The van der Waals surface area contributed by atoms with Gasteiger partial charge in [-0.1, -0.05) is 12.1 Å². The first kappa shape index (κ1) is 14.9. The predicted molar refractivity (Wildman–Crippen MR) is 89.7 cm³/mol. The summed E-state index contributed by atoms with van der Waals surface area (Å²) in [5, 5.41) is 4.38. The molecular formula is C17H13N5O3. The van der Waals surface area contributed by atoms with Crippen LogP contribution in [0.2, 0.25) is 0 Å². The molecule has 0 aliphatic rings. The van der Waals surface area contributed by atoms with Crippen LogP contribution in [0.4, 0.5) is 5.82 Å². The van der Waals surface area contributed by atoms with Gasteiger partial charge in [-0.05, 0) is 24.3 Å². The Morgan fingerprint density at radius 1 is 1.20 bits per heavy atom. The molecule has 0 aliphatic carbocycles. The highest BCUT2D eigenvalue weighted by Gasteiger charge is 2.14. The summed E-state index contributed by atoms with van der Waals surface area (Å²) in [7, 11) is 1.34. The minimum Gasteiger partial charge on any atom is -0.465 e. The van der Waals surface area contributed by atoms with Gasteiger partial charge in [0.2, 0.25) is 5.82 Å². The van der Waals surface area contributed by atoms with Crippen molar-refractivity contribution in [3.05, 3.63) is 54.4 Å². The molecule has 124 valence electrons. The number of hydrogen-bond acceptors (Lipinski definition) is 7. The third kappa shape index (κ3) is 2.59. The van der Waals surface area contributed by atoms with Crippen LogP contribution in [-0.2, 0) is 4.74 Å². The molecule has 0 saturated carbocycles. The number of hydrogen-bond donors (Lipinski definition) is 1. The van der Waals surface area contributed by atoms with Gasteiger partial charge >= 0.3 is 5.97 Å². The van der Waals surface area contributed by atoms with Gasteiger partial charge in [0.25, 0.3) is 0 Å². The number of carbonyl (C=O) groups is 1. The Hall–Kier alpha value is -3.68. The van der Waals surface area contributed by atoms with E-state index in [2.05, 4.69) is 15.1 Å². The van der Waals surface area contributed by atoms with Crippen LogP contribution in [0.25, 0.3) is 28.5 Å². The van der Waals surface area contributed by atoms with E-state index in [1.54, 1.807) is 53.4 Å². The number of nitrogens with two attached hydrogens (primary N) is 1. The molecular weight excluding hydrogens is 322 g/mol. The van der Waals surface area contributed by atoms with Gasteiger partial charge in [-0.25, -0.2) is 19.3 Å². The standard InChI is InChI=1S/C17H13N5O3/c1-24-17(23)11-6-4-10(5-7-11)12-9-22-16(14(18)19-12)20-15(21-22)13-3-2-8-25-13/h2-9H,1H3,(H2,18,19). The summed E-state index contributed by atoms with van der Waals surface area (Å²) >= 11 is 0. The molecule has 4 aromatic rings. The van der Waals surface area contributed by atoms with E-state index in [1.807, 2.05) is 0 Å². The van der Waals surface area contributed by atoms with Crippen molar-refractivity contribution in [2.45, 2.75) is 0 Å². The number of carbonyl (C=O) groups excluding carboxylic acids is 1. The number of furan rings is 1. The quantitative estimate of drug-likeness (QED) is 0.573. The summed E-state index contributed by atoms with van der Waals surface area (Å²) in [5.74, 6) is 0.831. The van der Waals surface area contributed by atoms with Gasteiger partial charge in [0, 0.05) is 5.56 Å². The number of aromatic nitrogens is 4. The minimum absolute atomic E-state index is 0.250. The molecule has 1 aromatic carbocycles. The fourth-order valence-electron chi connectivity index (χ4n) is 2.46. The predicted octanol–water partition coefficient (Wildman–Crippen LogP) is 2.42. The van der Waals surface area contributed by atoms with E-state index >= 15 is 0 Å². The van der Waals surface area contributed by atoms with E-state index in [1.165, 1.54) is 7.11 Å². The van der Waals surface area contributed by atoms with E-state index < -0.39 is 5.97 Å². The Morgan fingerprint density at radius 3 is 2.68 bits per heavy atom. The normalized spacial score (nSPS) is 10.9. The third-order valence-corrected chi connectivity index (χ3v) is 3.69. The fourth-order valence-corrected chi connectivity index (χ4v) is 2.46. The van der Waals surface area contributed by atoms with Gasteiger partial charge in [-0.2, -0.15) is 0 Å². The van der Waals surface area contributed by atoms with Crippen molar-refractivity contribution in [2.24, 2.45) is 0 Å². The van der Waals surface area contributed by atoms with Crippen LogP contribution < -0.4 is 5.73 Å². The van der Waals surface area contributed by atoms with Crippen LogP contribution in [-0.4, -0.2) is 32.7 Å². The fraction of sp³-hybridized carbons (Fsp3) is 0.0588. The van der Waals surface area contributed by atoms with Crippen LogP contribution in [0.3, 0.4) is 0 Å². The first-order valence-electron chi connectivity index (χ1n) is 7.41. The molecule has 0 spiro atoms. The second-order valence-electron chi connectivity index (χ2n) is 5.26. The summed E-state index contributed by atoms with van der Waals surface area (Å²) in [6.07, 6.45) is 3.27. The minimum atomic E-state index is -0.395. The maximum absolute atomic E-state index is 11.5. The Balaban J connectivity index is 1.76. The largest absolute Gasteiger partial charge is 0.465 e. The molecule has 8 heteroatoms. The zero-order chi connectivity index (χ0) is 17.4. The lowest BCUT2D eigenvalue weighted by molar-refractivity contribution is 0.0601. The smallest absolute Gasteiger partial charge is 0.337 e. The Kier molecular flexibility index (Phi) is 3.42. The number of rotatable bonds is 3. The van der Waals surface area contributed by atoms with Crippen molar-refractivity contribution >= 4 is 17.4 Å². The molecule has 0 fully saturated rings. The molecule has 0 atom stereocenters. The lowest BCUT2D eigenvalue weighted by atomic mass is 10.1. The van der Waals surface area contributed by atoms with Crippen molar-refractivity contribution in [1.29, 1.82) is 0 Å². The van der Waals surface area contributed by atoms with E-state index in [-0.39, 0.29) is 5.82 Å². The zero-order valence-electron chi connectivity index (χ0n) is 13.2. The molecule has 8 nitrogen and oxygen atoms in total. The second kappa shape index (κ2) is 5.75. The number of benzene rings is 1. The first-order valence-corrected chi connectivity index (χ1v) is 7.41. The summed E-state index contributed by atoms with van der Waals surface area (Å²) in [4.78, 5) is 20.2. The monoisotopic (exact) mass is 335 g/mol. The molecule has 3 aromatic heterocycles. The van der Waals surface area contributed by atoms with Crippen LogP contribution in [0.5, 0.6) is 0 Å². The molecule has 2 N–H and O–H groups in total. The maximum Gasteiger partial charge on any atom is 0.337 e. The average molecular weight is 335 g/mol. The lowest BCUT2D eigenvalue weighted by Crippen LogP contribution is -2.02. The Morgan fingerprint density at radius 2 is 2.00 bits per heavy atom. The van der Waals surface area contributed by atoms with Gasteiger partial charge in [0.1, 0.15) is 0 Å². The zero-order valence-corrected chi connectivity index (χ0v) is 13.2. The number of nitrogen functional groups attached to an aromatic ring is 1. The van der Waals surface area contributed by atoms with Gasteiger partial charge in [-0.3, -0.25) is 0 Å². The summed E-state index contributed by atoms with van der Waals surface area (Å²) in [6, 6.07) is 10.4. The molecule has 4 rings (SSSR count). The molecule has 3 heterocycles. The van der Waals surface area contributed by atoms with Gasteiger partial charge in [-0.15, -0.1) is 5.10 Å². The van der Waals surface area contributed by atoms with Gasteiger partial charge < -0.3 is 14.9 Å². The SMILES string of the molecule is COC(=O)c1ccc(-c2cn3nc(-c4ccco4)nc3c(N)n2)cc1. The Bertz CT molecular complexity index is 1050. The van der Waals surface area contributed by atoms with Crippen molar-refractivity contribution < 1.29 is 13.9 Å². The third-order valence-electron chi connectivity index (χ3n) is 3.69. The van der Waals surface area contributed by atoms with Crippen molar-refractivity contribution in [2.75, 3.05) is 12.8 Å². The van der Waals surface area contributed by atoms with Crippen LogP contribution in [0, 0.1) is 0 Å². The number of anilines is 1. The van der Waals surface area contributed by atoms with Gasteiger partial charge in [0.05, 0.1) is 30.8 Å². The molecule has 0 saturated heterocycles. The van der Waals surface area contributed by atoms with Crippen LogP contribution in [0.15, 0.2) is 53.3 Å². The van der Waals surface area contributed by atoms with Crippen LogP contribution in [0.1, 0.15) is 10.4 Å². The summed E-state index contributed by atoms with van der Waals surface area (Å²) in [5.41, 5.74) is 8.32. The number of methoxy groups -OCH3 is 1. The number of nitrogens with zero attached hydrogens (tertiary/aromatic N) is 4. The summed E-state index contributed by atoms with van der Waals surface area (Å²) < 4.78 is 11.6. The highest BCUT2D eigenvalue weighted by atomic mass is 16.5. The molecule has 25 heavy (non-hydrogen) atoms. The molecule has 0 aliphatic heterocycles. The average Bonchev–Trinajstić information content (AvgIpc) is 3.30. The molecule has 0 radical (unpaired) electrons. The highest BCUT2D eigenvalue weighted by molar-refractivity contribution is 5.89. The van der Waals surface area contributed by atoms with Crippen molar-refractivity contribution in [3.8, 4) is 22.8 Å². The highest BCUT2D eigenvalue weighted by Crippen LogP contribution is 2.23. The topological polar surface area (TPSA) is 109 Å². The second-order valence-corrected chi connectivity index (χ2v) is 5.26. The van der Waals surface area contributed by atoms with Crippen molar-refractivity contribution in [3.63, 3.8) is 0 Å². The molecule has 0 amide bonds. The van der Waals surface area contributed by atoms with E-state index in [4.69, 9.17) is 14.9 Å². The van der Waals surface area contributed by atoms with E-state index in [9.17, 15) is 4.79 Å². The van der Waals surface area contributed by atoms with Gasteiger partial charge in [0.15, 0.2) is 17.2 Å². The number of fused-ring (bicyclic) bond motifs is 1. The van der Waals surface area contributed by atoms with E-state index in [0.29, 0.717) is 28.5 Å². The molecule has 0 bridgehead atoms. The summed E-state index contributed by atoms with van der Waals surface area (Å²) in [6.45, 7) is 0. The van der Waals surface area contributed by atoms with E-state index in [0.717, 1.165) is 5.56 Å². The first-order chi connectivity index (χ1) is 12.2. The Labute approximate surface area is 141 Å². The maximum atomic E-state index is 11.5. The molecule has 0 unspecified atom stereocenters. The lowest BCUT2D eigenvalue weighted by Gasteiger charge is -2.04. The number of esters is 1.